The zero-order valence-electron chi connectivity index (χ0n) is 13.7. The van der Waals surface area contributed by atoms with E-state index in [1.54, 1.807) is 12.5 Å². The molecule has 2 aromatic rings. The van der Waals surface area contributed by atoms with E-state index in [1.165, 1.54) is 10.4 Å². The number of carbonyl (C=O) groups is 1. The molecule has 2 N–H and O–H groups in total. The van der Waals surface area contributed by atoms with Gasteiger partial charge in [-0.15, -0.1) is 11.3 Å². The Balaban J connectivity index is 1.75. The summed E-state index contributed by atoms with van der Waals surface area (Å²) in [7, 11) is -2.11. The quantitative estimate of drug-likeness (QED) is 0.844. The Hall–Kier alpha value is -2.10. The van der Waals surface area contributed by atoms with Gasteiger partial charge in [-0.2, -0.15) is 4.31 Å². The van der Waals surface area contributed by atoms with E-state index in [-0.39, 0.29) is 9.77 Å². The molecule has 7 nitrogen and oxygen atoms in total. The second-order valence-corrected chi connectivity index (χ2v) is 8.39. The molecule has 1 aromatic carbocycles. The van der Waals surface area contributed by atoms with Gasteiger partial charge in [0.15, 0.2) is 0 Å². The van der Waals surface area contributed by atoms with Crippen molar-refractivity contribution in [3.63, 3.8) is 0 Å². The van der Waals surface area contributed by atoms with E-state index >= 15 is 0 Å². The first kappa shape index (κ1) is 17.7. The molecular formula is C16H19N3O4S2. The van der Waals surface area contributed by atoms with Crippen molar-refractivity contribution in [2.45, 2.75) is 4.90 Å². The standard InChI is InChI=1S/C16H19N3O4S2/c1-23-13-4-2-3-12(11-13)18-6-8-19(9-7-18)25(21,22)14-5-10-24-15(14)16(17)20/h2-5,10-11H,6-9H2,1H3,(H2,17,20). The van der Waals surface area contributed by atoms with Crippen LogP contribution in [0.15, 0.2) is 40.6 Å². The average Bonchev–Trinajstić information content (AvgIpc) is 3.13. The molecule has 1 aliphatic rings. The lowest BCUT2D eigenvalue weighted by atomic mass is 10.2. The van der Waals surface area contributed by atoms with Crippen LogP contribution in [0.5, 0.6) is 5.75 Å². The number of anilines is 1. The molecule has 134 valence electrons. The maximum absolute atomic E-state index is 12.8. The fraction of sp³-hybridized carbons (Fsp3) is 0.312. The Labute approximate surface area is 150 Å². The summed E-state index contributed by atoms with van der Waals surface area (Å²) in [5, 5.41) is 1.57. The first-order valence-electron chi connectivity index (χ1n) is 7.70. The molecule has 1 aromatic heterocycles. The van der Waals surface area contributed by atoms with Crippen molar-refractivity contribution < 1.29 is 17.9 Å². The number of thiophene rings is 1. The van der Waals surface area contributed by atoms with Gasteiger partial charge in [-0.05, 0) is 23.6 Å². The maximum Gasteiger partial charge on any atom is 0.260 e. The topological polar surface area (TPSA) is 92.9 Å². The van der Waals surface area contributed by atoms with Gasteiger partial charge in [0.2, 0.25) is 10.0 Å². The summed E-state index contributed by atoms with van der Waals surface area (Å²) in [5.41, 5.74) is 6.27. The fourth-order valence-electron chi connectivity index (χ4n) is 2.81. The van der Waals surface area contributed by atoms with E-state index in [4.69, 9.17) is 10.5 Å². The van der Waals surface area contributed by atoms with Crippen molar-refractivity contribution in [3.8, 4) is 5.75 Å². The van der Waals surface area contributed by atoms with E-state index in [1.807, 2.05) is 24.3 Å². The lowest BCUT2D eigenvalue weighted by Gasteiger charge is -2.35. The lowest BCUT2D eigenvalue weighted by molar-refractivity contribution is 0.100. The van der Waals surface area contributed by atoms with Crippen molar-refractivity contribution in [1.82, 2.24) is 4.31 Å². The van der Waals surface area contributed by atoms with Gasteiger partial charge >= 0.3 is 0 Å². The van der Waals surface area contributed by atoms with Gasteiger partial charge in [-0.3, -0.25) is 4.79 Å². The van der Waals surface area contributed by atoms with E-state index in [0.29, 0.717) is 26.2 Å². The molecule has 0 unspecified atom stereocenters. The third-order valence-corrected chi connectivity index (χ3v) is 7.13. The predicted octanol–water partition coefficient (Wildman–Crippen LogP) is 1.37. The molecule has 3 rings (SSSR count). The Morgan fingerprint density at radius 1 is 1.20 bits per heavy atom. The highest BCUT2D eigenvalue weighted by Crippen LogP contribution is 2.27. The summed E-state index contributed by atoms with van der Waals surface area (Å²) in [6.07, 6.45) is 0. The van der Waals surface area contributed by atoms with Gasteiger partial charge in [0.25, 0.3) is 5.91 Å². The first-order valence-corrected chi connectivity index (χ1v) is 10.0. The van der Waals surface area contributed by atoms with Crippen LogP contribution in [0.1, 0.15) is 9.67 Å². The van der Waals surface area contributed by atoms with Crippen LogP contribution in [-0.2, 0) is 10.0 Å². The van der Waals surface area contributed by atoms with Gasteiger partial charge in [0, 0.05) is 37.9 Å². The molecular weight excluding hydrogens is 362 g/mol. The lowest BCUT2D eigenvalue weighted by Crippen LogP contribution is -2.48. The van der Waals surface area contributed by atoms with E-state index in [9.17, 15) is 13.2 Å². The second kappa shape index (κ2) is 7.03. The highest BCUT2D eigenvalue weighted by molar-refractivity contribution is 7.89. The SMILES string of the molecule is COc1cccc(N2CCN(S(=O)(=O)c3ccsc3C(N)=O)CC2)c1. The van der Waals surface area contributed by atoms with Crippen LogP contribution in [0.4, 0.5) is 5.69 Å². The third kappa shape index (κ3) is 3.48. The number of piperazine rings is 1. The predicted molar refractivity (Wildman–Crippen MR) is 96.8 cm³/mol. The first-order chi connectivity index (χ1) is 11.9. The normalized spacial score (nSPS) is 16.0. The van der Waals surface area contributed by atoms with Crippen LogP contribution in [-0.4, -0.2) is 51.9 Å². The zero-order valence-corrected chi connectivity index (χ0v) is 15.3. The summed E-state index contributed by atoms with van der Waals surface area (Å²) >= 11 is 1.05. The summed E-state index contributed by atoms with van der Waals surface area (Å²) in [4.78, 5) is 13.6. The van der Waals surface area contributed by atoms with Crippen LogP contribution in [0.25, 0.3) is 0 Å². The summed E-state index contributed by atoms with van der Waals surface area (Å²) in [6.45, 7) is 1.80. The summed E-state index contributed by atoms with van der Waals surface area (Å²) in [5.74, 6) is 0.0421. The summed E-state index contributed by atoms with van der Waals surface area (Å²) in [6, 6.07) is 9.10. The molecule has 0 spiro atoms. The fourth-order valence-corrected chi connectivity index (χ4v) is 5.50. The van der Waals surface area contributed by atoms with Crippen LogP contribution >= 0.6 is 11.3 Å². The van der Waals surface area contributed by atoms with Crippen LogP contribution in [0.2, 0.25) is 0 Å². The minimum absolute atomic E-state index is 0.000157. The Morgan fingerprint density at radius 3 is 2.56 bits per heavy atom. The number of nitrogens with two attached hydrogens (primary N) is 1. The number of sulfonamides is 1. The molecule has 0 radical (unpaired) electrons. The number of amides is 1. The smallest absolute Gasteiger partial charge is 0.260 e. The third-order valence-electron chi connectivity index (χ3n) is 4.13. The highest BCUT2D eigenvalue weighted by atomic mass is 32.2. The number of nitrogens with zero attached hydrogens (tertiary/aromatic N) is 2. The molecule has 1 fully saturated rings. The molecule has 1 aliphatic heterocycles. The monoisotopic (exact) mass is 381 g/mol. The number of carbonyl (C=O) groups excluding carboxylic acids is 1. The number of hydrogen-bond acceptors (Lipinski definition) is 6. The van der Waals surface area contributed by atoms with Gasteiger partial charge in [-0.1, -0.05) is 6.07 Å². The molecule has 25 heavy (non-hydrogen) atoms. The molecule has 9 heteroatoms. The van der Waals surface area contributed by atoms with Crippen molar-refractivity contribution in [1.29, 1.82) is 0 Å². The average molecular weight is 381 g/mol. The maximum atomic E-state index is 12.8. The molecule has 1 saturated heterocycles. The van der Waals surface area contributed by atoms with Crippen LogP contribution < -0.4 is 15.4 Å². The molecule has 0 bridgehead atoms. The van der Waals surface area contributed by atoms with Crippen LogP contribution in [0.3, 0.4) is 0 Å². The van der Waals surface area contributed by atoms with Crippen LogP contribution in [0, 0.1) is 0 Å². The summed E-state index contributed by atoms with van der Waals surface area (Å²) < 4.78 is 32.2. The van der Waals surface area contributed by atoms with Crippen molar-refractivity contribution in [2.75, 3.05) is 38.2 Å². The molecule has 0 atom stereocenters. The van der Waals surface area contributed by atoms with Crippen molar-refractivity contribution in [3.05, 3.63) is 40.6 Å². The number of hydrogen-bond donors (Lipinski definition) is 1. The minimum atomic E-state index is -3.72. The minimum Gasteiger partial charge on any atom is -0.497 e. The number of rotatable bonds is 5. The molecule has 2 heterocycles. The van der Waals surface area contributed by atoms with E-state index < -0.39 is 15.9 Å². The molecule has 0 aliphatic carbocycles. The molecule has 0 saturated carbocycles. The largest absolute Gasteiger partial charge is 0.497 e. The van der Waals surface area contributed by atoms with Crippen molar-refractivity contribution >= 4 is 33.0 Å². The molecule has 1 amide bonds. The van der Waals surface area contributed by atoms with Gasteiger partial charge in [0.05, 0.1) is 7.11 Å². The number of methoxy groups -OCH3 is 1. The Bertz CT molecular complexity index is 871. The zero-order chi connectivity index (χ0) is 18.0. The second-order valence-electron chi connectivity index (χ2n) is 5.57. The number of benzene rings is 1. The highest BCUT2D eigenvalue weighted by Gasteiger charge is 2.32. The van der Waals surface area contributed by atoms with E-state index in [2.05, 4.69) is 4.90 Å². The Morgan fingerprint density at radius 2 is 1.92 bits per heavy atom. The van der Waals surface area contributed by atoms with Crippen molar-refractivity contribution in [2.24, 2.45) is 5.73 Å². The number of ether oxygens (including phenoxy) is 1. The van der Waals surface area contributed by atoms with Gasteiger partial charge in [0.1, 0.15) is 15.5 Å². The van der Waals surface area contributed by atoms with Gasteiger partial charge in [-0.25, -0.2) is 8.42 Å². The van der Waals surface area contributed by atoms with Gasteiger partial charge < -0.3 is 15.4 Å². The Kier molecular flexibility index (Phi) is 4.98. The van der Waals surface area contributed by atoms with E-state index in [0.717, 1.165) is 22.8 Å². The number of primary amides is 1.